The molecule has 6 aromatic rings. The molecule has 0 aromatic carbocycles. The molecule has 0 aliphatic rings. The molecule has 73 heavy (non-hydrogen) atoms. The highest BCUT2D eigenvalue weighted by molar-refractivity contribution is 8.26. The first kappa shape index (κ1) is 75.6. The van der Waals surface area contributed by atoms with E-state index in [1.54, 1.807) is 40.7 Å². The van der Waals surface area contributed by atoms with E-state index in [0.29, 0.717) is 39.9 Å². The molecule has 412 valence electrons. The van der Waals surface area contributed by atoms with Gasteiger partial charge in [0, 0.05) is 81.6 Å². The van der Waals surface area contributed by atoms with Crippen molar-refractivity contribution in [1.82, 2.24) is 4.57 Å². The summed E-state index contributed by atoms with van der Waals surface area (Å²) in [5, 5.41) is 60.7. The van der Waals surface area contributed by atoms with E-state index in [9.17, 15) is 28.8 Å². The largest absolute Gasteiger partial charge is 0.502 e. The van der Waals surface area contributed by atoms with Gasteiger partial charge in [0.15, 0.2) is 33.9 Å². The van der Waals surface area contributed by atoms with E-state index in [0.717, 1.165) is 48.4 Å². The Bertz CT molecular complexity index is 2800. The lowest BCUT2D eigenvalue weighted by molar-refractivity contribution is 0.118. The van der Waals surface area contributed by atoms with Crippen molar-refractivity contribution in [2.24, 2.45) is 18.7 Å². The van der Waals surface area contributed by atoms with Crippen molar-refractivity contribution in [3.05, 3.63) is 179 Å². The number of hydrogen-bond donors (Lipinski definition) is 9. The van der Waals surface area contributed by atoms with Gasteiger partial charge in [-0.3, -0.25) is 33.6 Å². The minimum atomic E-state index is -1.67. The van der Waals surface area contributed by atoms with Crippen LogP contribution in [0.2, 0.25) is 0 Å². The van der Waals surface area contributed by atoms with Gasteiger partial charge in [0.25, 0.3) is 0 Å². The molecule has 0 bridgehead atoms. The molecule has 0 atom stereocenters. The molecule has 11 N–H and O–H groups in total. The van der Waals surface area contributed by atoms with Gasteiger partial charge in [-0.25, -0.2) is 10.1 Å². The van der Waals surface area contributed by atoms with Crippen molar-refractivity contribution in [3.63, 3.8) is 0 Å². The number of alkyl halides is 1. The van der Waals surface area contributed by atoms with E-state index in [1.807, 2.05) is 18.5 Å². The van der Waals surface area contributed by atoms with Crippen LogP contribution in [-0.2, 0) is 53.4 Å². The van der Waals surface area contributed by atoms with Crippen LogP contribution in [-0.4, -0.2) is 51.6 Å². The summed E-state index contributed by atoms with van der Waals surface area (Å²) in [6.45, 7) is 9.41. The minimum Gasteiger partial charge on any atom is -0.502 e. The summed E-state index contributed by atoms with van der Waals surface area (Å²) in [6, 6.07) is 7.60. The number of pyridine rings is 1. The molecular weight excluding hydrogens is 1050 g/mol. The van der Waals surface area contributed by atoms with Gasteiger partial charge >= 0.3 is 0 Å². The Morgan fingerprint density at radius 1 is 0.575 bits per heavy atom. The molecular formula is C46H66Cl3N3O20S. The van der Waals surface area contributed by atoms with E-state index in [4.69, 9.17) is 70.7 Å². The average Bonchev–Trinajstić information content (AvgIpc) is 3.31. The molecule has 23 nitrogen and oxygen atoms in total. The minimum absolute atomic E-state index is 0. The molecule has 27 heteroatoms. The molecule has 6 heterocycles. The fourth-order valence-corrected chi connectivity index (χ4v) is 4.62. The second-order valence-electron chi connectivity index (χ2n) is 13.1. The quantitative estimate of drug-likeness (QED) is 0.0573. The van der Waals surface area contributed by atoms with Crippen LogP contribution in [0, 0.1) is 41.5 Å². The summed E-state index contributed by atoms with van der Waals surface area (Å²) < 4.78 is 34.9. The van der Waals surface area contributed by atoms with Gasteiger partial charge in [-0.1, -0.05) is 22.3 Å². The van der Waals surface area contributed by atoms with Crippen LogP contribution in [0.5, 0.6) is 23.0 Å². The van der Waals surface area contributed by atoms with Crippen molar-refractivity contribution in [3.8, 4) is 23.0 Å². The summed E-state index contributed by atoms with van der Waals surface area (Å²) >= 11 is 5.34. The van der Waals surface area contributed by atoms with Crippen LogP contribution >= 0.6 is 33.0 Å². The zero-order valence-corrected chi connectivity index (χ0v) is 41.9. The summed E-state index contributed by atoms with van der Waals surface area (Å²) in [4.78, 5) is 69.5. The molecule has 0 radical (unpaired) electrons. The Kier molecular flexibility index (Phi) is 41.6. The molecule has 0 amide bonds. The lowest BCUT2D eigenvalue weighted by Gasteiger charge is -2.13. The number of hydrogen-bond acceptors (Lipinski definition) is 22. The number of aliphatic hydroxyl groups is 3. The SMILES string of the molecule is C.C.C.CN.Cc1c(CON)n(C)c(C)cc1=O.Cc1cc(=O)c(C)c(CO)o1.Cc1cc(=O)c(O)c(CO)o1.Cc1cc(=O)c(O)co1.O=S(Cl)Cl.O=c1cc(CCl)occ1O.O=c1cc(CO)occ1O. The van der Waals surface area contributed by atoms with Crippen molar-refractivity contribution in [2.75, 3.05) is 7.05 Å². The van der Waals surface area contributed by atoms with Crippen LogP contribution in [0.4, 0.5) is 0 Å². The second kappa shape index (κ2) is 40.2. The first-order chi connectivity index (χ1) is 32.8. The monoisotopic (exact) mass is 1120 g/mol. The highest BCUT2D eigenvalue weighted by atomic mass is 36.0. The molecule has 6 rings (SSSR count). The molecule has 0 fully saturated rings. The topological polar surface area (TPSA) is 393 Å². The van der Waals surface area contributed by atoms with Crippen LogP contribution in [0.25, 0.3) is 0 Å². The van der Waals surface area contributed by atoms with Gasteiger partial charge < -0.3 is 68.1 Å². The summed E-state index contributed by atoms with van der Waals surface area (Å²) in [5.74, 6) is 5.58. The average molecular weight is 1120 g/mol. The zero-order valence-electron chi connectivity index (χ0n) is 38.8. The third-order valence-corrected chi connectivity index (χ3v) is 8.33. The van der Waals surface area contributed by atoms with Gasteiger partial charge in [0.05, 0.1) is 11.6 Å². The predicted octanol–water partition coefficient (Wildman–Crippen LogP) is 5.39. The van der Waals surface area contributed by atoms with Gasteiger partial charge in [-0.05, 0) is 48.6 Å². The molecule has 0 saturated heterocycles. The molecule has 0 unspecified atom stereocenters. The number of halogens is 3. The van der Waals surface area contributed by atoms with Crippen molar-refractivity contribution in [1.29, 1.82) is 0 Å². The van der Waals surface area contributed by atoms with Crippen molar-refractivity contribution in [2.45, 2.75) is 96.1 Å². The lowest BCUT2D eigenvalue weighted by Crippen LogP contribution is -2.18. The predicted molar refractivity (Wildman–Crippen MR) is 278 cm³/mol. The van der Waals surface area contributed by atoms with Gasteiger partial charge in [0.1, 0.15) is 79.8 Å². The number of nitrogens with zero attached hydrogens (tertiary/aromatic N) is 1. The maximum Gasteiger partial charge on any atom is 0.227 e. The van der Waals surface area contributed by atoms with Crippen molar-refractivity contribution >= 4 is 42.2 Å². The Hall–Kier alpha value is -6.32. The summed E-state index contributed by atoms with van der Waals surface area (Å²) in [5.41, 5.74) is 5.40. The fourth-order valence-electron chi connectivity index (χ4n) is 4.48. The highest BCUT2D eigenvalue weighted by Crippen LogP contribution is 2.12. The van der Waals surface area contributed by atoms with Crippen LogP contribution in [0.1, 0.15) is 85.1 Å². The molecule has 0 aliphatic carbocycles. The normalized spacial score (nSPS) is 9.27. The summed E-state index contributed by atoms with van der Waals surface area (Å²) in [7, 11) is 10.7. The Morgan fingerprint density at radius 3 is 1.36 bits per heavy atom. The molecule has 0 aliphatic heterocycles. The molecule has 0 spiro atoms. The van der Waals surface area contributed by atoms with Crippen LogP contribution in [0.15, 0.2) is 106 Å². The number of nitrogens with two attached hydrogens (primary N) is 2. The lowest BCUT2D eigenvalue weighted by atomic mass is 10.2. The maximum absolute atomic E-state index is 11.4. The summed E-state index contributed by atoms with van der Waals surface area (Å²) in [6.07, 6.45) is 2.89. The number of rotatable bonds is 6. The van der Waals surface area contributed by atoms with Gasteiger partial charge in [-0.15, -0.1) is 11.6 Å². The second-order valence-corrected chi connectivity index (χ2v) is 15.9. The third-order valence-electron chi connectivity index (χ3n) is 8.07. The van der Waals surface area contributed by atoms with E-state index in [2.05, 4.69) is 40.8 Å². The Morgan fingerprint density at radius 2 is 0.959 bits per heavy atom. The van der Waals surface area contributed by atoms with Crippen molar-refractivity contribution < 1.29 is 66.9 Å². The Balaban J connectivity index is -0.000000246. The van der Waals surface area contributed by atoms with Crippen LogP contribution < -0.4 is 44.2 Å². The third kappa shape index (κ3) is 29.1. The first-order valence-electron chi connectivity index (χ1n) is 19.3. The van der Waals surface area contributed by atoms with Crippen LogP contribution in [0.3, 0.4) is 0 Å². The number of aliphatic hydroxyl groups excluding tert-OH is 3. The van der Waals surface area contributed by atoms with Gasteiger partial charge in [0.2, 0.25) is 36.7 Å². The van der Waals surface area contributed by atoms with E-state index in [-0.39, 0.29) is 76.1 Å². The standard InChI is InChI=1S/C9H14N2O2.C8H10O3.C7H8O4.C6H5ClO3.C6H6O4.C6H6O3.CH5N.3CH4.Cl2OS/c1-6-4-9(12)7(2)8(5-13-10)11(6)3;1-5-3-7(10)6(2)8(4-9)11-5;1-4-2-5(9)7(10)6(3-8)11-4;2*7-2-4-1-5(8)6(9)3-10-4;1-4-2-5(7)6(8)3-9-4;1-2;;;;1-4(2)3/h4H,5,10H2,1-3H3;3,9H,4H2,1-2H3;2,8,10H,3H2,1H3;1,3,9H,2H2;1,3,7,9H,2H2;2-3,8H,1H3;2H2,1H3;3*1H4;. The number of aromatic hydroxyl groups is 4. The molecule has 6 aromatic heterocycles. The first-order valence-corrected chi connectivity index (χ1v) is 22.6. The fraction of sp³-hybridized carbons (Fsp3) is 0.348. The number of aryl methyl sites for hydroxylation is 4. The van der Waals surface area contributed by atoms with E-state index < -0.39 is 54.8 Å². The highest BCUT2D eigenvalue weighted by Gasteiger charge is 2.09. The molecule has 0 saturated carbocycles. The maximum atomic E-state index is 11.4. The van der Waals surface area contributed by atoms with E-state index >= 15 is 0 Å². The Labute approximate surface area is 436 Å². The number of aromatic nitrogens is 1. The smallest absolute Gasteiger partial charge is 0.227 e. The zero-order chi connectivity index (χ0) is 54.4. The van der Waals surface area contributed by atoms with Gasteiger partial charge in [-0.2, -0.15) is 0 Å². The van der Waals surface area contributed by atoms with E-state index in [1.165, 1.54) is 19.2 Å².